The van der Waals surface area contributed by atoms with E-state index in [9.17, 15) is 9.50 Å². The van der Waals surface area contributed by atoms with Gasteiger partial charge in [0.25, 0.3) is 0 Å². The monoisotopic (exact) mass is 303 g/mol. The molecule has 0 saturated carbocycles. The maximum atomic E-state index is 13.3. The molecule has 110 valence electrons. The zero-order chi connectivity index (χ0) is 15.4. The van der Waals surface area contributed by atoms with Crippen LogP contribution in [-0.2, 0) is 0 Å². The van der Waals surface area contributed by atoms with E-state index in [1.54, 1.807) is 25.4 Å². The second-order valence-electron chi connectivity index (χ2n) is 5.05. The predicted molar refractivity (Wildman–Crippen MR) is 89.1 cm³/mol. The Kier molecular flexibility index (Phi) is 5.08. The summed E-state index contributed by atoms with van der Waals surface area (Å²) in [5.74, 6) is 0.0536. The molecular weight excluding hydrogens is 284 g/mol. The van der Waals surface area contributed by atoms with E-state index in [-0.39, 0.29) is 11.5 Å². The maximum absolute atomic E-state index is 13.3. The molecule has 1 N–H and O–H groups in total. The number of aryl methyl sites for hydroxylation is 1. The minimum atomic E-state index is -0.260. The molecule has 0 aromatic heterocycles. The molecule has 0 bridgehead atoms. The summed E-state index contributed by atoms with van der Waals surface area (Å²) in [7, 11) is 2.11. The van der Waals surface area contributed by atoms with Crippen molar-refractivity contribution in [1.29, 1.82) is 0 Å². The van der Waals surface area contributed by atoms with E-state index in [1.165, 1.54) is 12.1 Å². The molecule has 0 heterocycles. The fraction of sp³-hybridized carbons (Fsp3) is 0.235. The van der Waals surface area contributed by atoms with Gasteiger partial charge in [0.15, 0.2) is 0 Å². The van der Waals surface area contributed by atoms with Crippen LogP contribution in [0.2, 0.25) is 0 Å². The lowest BCUT2D eigenvalue weighted by Crippen LogP contribution is -2.06. The van der Waals surface area contributed by atoms with Gasteiger partial charge in [-0.1, -0.05) is 39.3 Å². The van der Waals surface area contributed by atoms with Crippen molar-refractivity contribution in [3.63, 3.8) is 0 Å². The molecule has 2 aromatic rings. The number of nitrogens with zero attached hydrogens (tertiary/aromatic N) is 1. The zero-order valence-corrected chi connectivity index (χ0v) is 13.4. The van der Waals surface area contributed by atoms with Crippen molar-refractivity contribution < 1.29 is 9.50 Å². The van der Waals surface area contributed by atoms with Gasteiger partial charge < -0.3 is 5.11 Å². The number of halogens is 1. The van der Waals surface area contributed by atoms with E-state index < -0.39 is 0 Å². The molecule has 0 saturated heterocycles. The highest BCUT2D eigenvalue weighted by atomic mass is 31.1. The first kappa shape index (κ1) is 15.7. The van der Waals surface area contributed by atoms with Crippen molar-refractivity contribution in [2.24, 2.45) is 4.99 Å². The minimum Gasteiger partial charge on any atom is -0.508 e. The Morgan fingerprint density at radius 3 is 2.71 bits per heavy atom. The number of aliphatic imine (C=N–C) groups is 1. The normalized spacial score (nSPS) is 13.3. The second kappa shape index (κ2) is 6.82. The SMILES string of the molecule is CN=Cc1cc(F)ccc1PC(C)c1cc(C)ccc1O. The molecule has 2 rings (SSSR count). The summed E-state index contributed by atoms with van der Waals surface area (Å²) in [4.78, 5) is 3.98. The summed E-state index contributed by atoms with van der Waals surface area (Å²) in [6, 6.07) is 10.4. The van der Waals surface area contributed by atoms with Crippen molar-refractivity contribution in [2.45, 2.75) is 19.5 Å². The van der Waals surface area contributed by atoms with Crippen LogP contribution in [0.15, 0.2) is 41.4 Å². The summed E-state index contributed by atoms with van der Waals surface area (Å²) in [6.45, 7) is 4.08. The average Bonchev–Trinajstić information content (AvgIpc) is 2.44. The largest absolute Gasteiger partial charge is 0.508 e. The first-order valence-electron chi connectivity index (χ1n) is 6.79. The van der Waals surface area contributed by atoms with Crippen LogP contribution in [0.1, 0.15) is 29.3 Å². The first-order valence-corrected chi connectivity index (χ1v) is 7.86. The van der Waals surface area contributed by atoms with Gasteiger partial charge >= 0.3 is 0 Å². The van der Waals surface area contributed by atoms with Gasteiger partial charge in [-0.15, -0.1) is 0 Å². The molecule has 0 radical (unpaired) electrons. The zero-order valence-electron chi connectivity index (χ0n) is 12.4. The molecule has 0 aliphatic heterocycles. The lowest BCUT2D eigenvalue weighted by molar-refractivity contribution is 0.468. The van der Waals surface area contributed by atoms with E-state index >= 15 is 0 Å². The highest BCUT2D eigenvalue weighted by molar-refractivity contribution is 7.47. The maximum Gasteiger partial charge on any atom is 0.123 e. The number of benzene rings is 2. The lowest BCUT2D eigenvalue weighted by Gasteiger charge is -2.16. The summed E-state index contributed by atoms with van der Waals surface area (Å²) in [6.07, 6.45) is 1.67. The number of phenols is 1. The number of rotatable bonds is 4. The van der Waals surface area contributed by atoms with Gasteiger partial charge in [-0.3, -0.25) is 4.99 Å². The van der Waals surface area contributed by atoms with E-state index in [0.717, 1.165) is 22.0 Å². The van der Waals surface area contributed by atoms with E-state index in [2.05, 4.69) is 11.9 Å². The Labute approximate surface area is 126 Å². The van der Waals surface area contributed by atoms with Crippen molar-refractivity contribution in [3.05, 3.63) is 58.9 Å². The van der Waals surface area contributed by atoms with Crippen molar-refractivity contribution in [3.8, 4) is 5.75 Å². The summed E-state index contributed by atoms with van der Waals surface area (Å²) >= 11 is 0. The topological polar surface area (TPSA) is 32.6 Å². The molecule has 21 heavy (non-hydrogen) atoms. The van der Waals surface area contributed by atoms with Crippen molar-refractivity contribution in [2.75, 3.05) is 7.05 Å². The Morgan fingerprint density at radius 2 is 2.00 bits per heavy atom. The quantitative estimate of drug-likeness (QED) is 0.673. The molecule has 2 atom stereocenters. The van der Waals surface area contributed by atoms with E-state index in [1.807, 2.05) is 19.1 Å². The minimum absolute atomic E-state index is 0.166. The van der Waals surface area contributed by atoms with Gasteiger partial charge in [0.2, 0.25) is 0 Å². The predicted octanol–water partition coefficient (Wildman–Crippen LogP) is 3.95. The third-order valence-electron chi connectivity index (χ3n) is 3.30. The number of aromatic hydroxyl groups is 1. The molecule has 0 aliphatic rings. The van der Waals surface area contributed by atoms with Crippen LogP contribution >= 0.6 is 8.58 Å². The Balaban J connectivity index is 2.31. The van der Waals surface area contributed by atoms with Crippen LogP contribution in [0, 0.1) is 12.7 Å². The van der Waals surface area contributed by atoms with Crippen LogP contribution in [0.25, 0.3) is 0 Å². The number of phenolic OH excluding ortho intramolecular Hbond substituents is 1. The number of hydrogen-bond donors (Lipinski definition) is 1. The van der Waals surface area contributed by atoms with Crippen LogP contribution in [0.4, 0.5) is 4.39 Å². The van der Waals surface area contributed by atoms with Gasteiger partial charge in [-0.05, 0) is 30.4 Å². The van der Waals surface area contributed by atoms with Crippen molar-refractivity contribution >= 4 is 20.1 Å². The second-order valence-corrected chi connectivity index (χ2v) is 6.74. The van der Waals surface area contributed by atoms with Crippen molar-refractivity contribution in [1.82, 2.24) is 0 Å². The molecule has 4 heteroatoms. The molecule has 2 unspecified atom stereocenters. The van der Waals surface area contributed by atoms with Gasteiger partial charge in [0, 0.05) is 30.0 Å². The highest BCUT2D eigenvalue weighted by Gasteiger charge is 2.13. The standard InChI is InChI=1S/C17H19FNOP/c1-11-4-6-16(20)15(8-11)12(2)21-17-7-5-14(18)9-13(17)10-19-3/h4-10,12,20-21H,1-3H3. The summed E-state index contributed by atoms with van der Waals surface area (Å²) in [5.41, 5.74) is 3.01. The molecule has 0 aliphatic carbocycles. The van der Waals surface area contributed by atoms with Crippen LogP contribution < -0.4 is 5.30 Å². The third-order valence-corrected chi connectivity index (χ3v) is 4.81. The van der Waals surface area contributed by atoms with Crippen LogP contribution in [0.5, 0.6) is 5.75 Å². The Bertz CT molecular complexity index is 670. The number of hydrogen-bond acceptors (Lipinski definition) is 2. The first-order chi connectivity index (χ1) is 10.0. The Hall–Kier alpha value is -1.73. The van der Waals surface area contributed by atoms with Crippen LogP contribution in [0.3, 0.4) is 0 Å². The highest BCUT2D eigenvalue weighted by Crippen LogP contribution is 2.38. The van der Waals surface area contributed by atoms with E-state index in [0.29, 0.717) is 14.3 Å². The summed E-state index contributed by atoms with van der Waals surface area (Å²) in [5, 5.41) is 11.1. The molecule has 2 nitrogen and oxygen atoms in total. The van der Waals surface area contributed by atoms with Gasteiger partial charge in [-0.25, -0.2) is 4.39 Å². The molecule has 0 amide bonds. The Morgan fingerprint density at radius 1 is 1.24 bits per heavy atom. The van der Waals surface area contributed by atoms with Gasteiger partial charge in [-0.2, -0.15) is 0 Å². The smallest absolute Gasteiger partial charge is 0.123 e. The van der Waals surface area contributed by atoms with Gasteiger partial charge in [0.1, 0.15) is 11.6 Å². The summed E-state index contributed by atoms with van der Waals surface area (Å²) < 4.78 is 13.3. The molecule has 2 aromatic carbocycles. The molecular formula is C17H19FNOP. The molecule has 0 spiro atoms. The molecule has 0 fully saturated rings. The van der Waals surface area contributed by atoms with Gasteiger partial charge in [0.05, 0.1) is 0 Å². The fourth-order valence-electron chi connectivity index (χ4n) is 2.24. The fourth-order valence-corrected chi connectivity index (χ4v) is 3.58. The lowest BCUT2D eigenvalue weighted by atomic mass is 10.1. The van der Waals surface area contributed by atoms with E-state index in [4.69, 9.17) is 0 Å². The third kappa shape index (κ3) is 3.89. The van der Waals surface area contributed by atoms with Crippen LogP contribution in [-0.4, -0.2) is 18.4 Å². The average molecular weight is 303 g/mol.